The van der Waals surface area contributed by atoms with Crippen LogP contribution in [-0.4, -0.2) is 421 Å². The maximum Gasteiger partial charge on any atom is 0.251 e. The van der Waals surface area contributed by atoms with E-state index in [4.69, 9.17) is 166 Å². The third-order valence-corrected chi connectivity index (χ3v) is 22.5. The molecule has 0 radical (unpaired) electrons. The summed E-state index contributed by atoms with van der Waals surface area (Å²) in [5.74, 6) is -0.00818. The Labute approximate surface area is 701 Å². The van der Waals surface area contributed by atoms with Gasteiger partial charge in [-0.1, -0.05) is 25.3 Å². The number of amides is 2. The predicted molar refractivity (Wildman–Crippen MR) is 414 cm³/mol. The summed E-state index contributed by atoms with van der Waals surface area (Å²) in [5.41, 5.74) is 0.542. The summed E-state index contributed by atoms with van der Waals surface area (Å²) in [6.07, 6.45) is -37.4. The van der Waals surface area contributed by atoms with E-state index in [1.807, 2.05) is 0 Å². The van der Waals surface area contributed by atoms with Gasteiger partial charge in [0, 0.05) is 159 Å². The summed E-state index contributed by atoms with van der Waals surface area (Å²) in [4.78, 5) is 29.0. The second kappa shape index (κ2) is 48.2. The normalized spacial score (nSPS) is 39.5. The van der Waals surface area contributed by atoms with E-state index in [0.29, 0.717) is 11.5 Å². The van der Waals surface area contributed by atoms with Crippen LogP contribution >= 0.6 is 0 Å². The van der Waals surface area contributed by atoms with Gasteiger partial charge in [0.1, 0.15) is 196 Å². The summed E-state index contributed by atoms with van der Waals surface area (Å²) < 4.78 is 229. The van der Waals surface area contributed by atoms with Crippen LogP contribution in [0.2, 0.25) is 0 Å². The van der Waals surface area contributed by atoms with Crippen LogP contribution < -0.4 is 20.1 Å². The van der Waals surface area contributed by atoms with Gasteiger partial charge < -0.3 is 176 Å². The van der Waals surface area contributed by atoms with Gasteiger partial charge in [-0.3, -0.25) is 9.59 Å². The fourth-order valence-electron chi connectivity index (χ4n) is 16.9. The molecule has 21 heterocycles. The smallest absolute Gasteiger partial charge is 0.251 e. The van der Waals surface area contributed by atoms with Crippen molar-refractivity contribution in [1.82, 2.24) is 10.6 Å². The minimum Gasteiger partial charge on any atom is -0.490 e. The van der Waals surface area contributed by atoms with E-state index in [-0.39, 0.29) is 70.5 Å². The fourth-order valence-corrected chi connectivity index (χ4v) is 16.9. The molecule has 0 unspecified atom stereocenters. The summed E-state index contributed by atoms with van der Waals surface area (Å²) >= 11 is 0. The molecule has 682 valence electrons. The fraction of sp³-hybridized carbons (Fsp3) is 0.778. The van der Waals surface area contributed by atoms with Crippen LogP contribution in [0.25, 0.3) is 0 Å². The minimum absolute atomic E-state index is 0.0767. The first-order valence-corrected chi connectivity index (χ1v) is 39.7. The molecule has 14 bridgehead atoms. The van der Waals surface area contributed by atoms with Crippen molar-refractivity contribution in [2.45, 2.75) is 215 Å². The highest BCUT2D eigenvalue weighted by atomic mass is 16.8. The molecule has 2 amide bonds. The van der Waals surface area contributed by atoms with E-state index in [0.717, 1.165) is 0 Å². The average molecular weight is 1720 g/mol. The van der Waals surface area contributed by atoms with E-state index < -0.39 is 227 Å². The zero-order valence-corrected chi connectivity index (χ0v) is 71.9. The second-order valence-electron chi connectivity index (χ2n) is 29.3. The van der Waals surface area contributed by atoms with Crippen LogP contribution in [0.5, 0.6) is 11.5 Å². The molecule has 21 aliphatic rings. The molecule has 2 aromatic carbocycles. The molecular weight excluding hydrogens is 1590 g/mol. The van der Waals surface area contributed by atoms with E-state index in [2.05, 4.69) is 23.8 Å². The van der Waals surface area contributed by atoms with Crippen molar-refractivity contribution in [3.63, 3.8) is 0 Å². The molecule has 23 rings (SSSR count). The van der Waals surface area contributed by atoms with Gasteiger partial charge in [0.15, 0.2) is 44.0 Å². The van der Waals surface area contributed by atoms with Crippen LogP contribution in [0, 0.1) is 0 Å². The monoisotopic (exact) mass is 1720 g/mol. The number of hydrogen-bond donors (Lipinski definition) is 2. The van der Waals surface area contributed by atoms with Crippen LogP contribution in [0.15, 0.2) is 73.8 Å². The Hall–Kier alpha value is -4.86. The Bertz CT molecular complexity index is 3240. The molecule has 2 aromatic rings. The zero-order chi connectivity index (χ0) is 86.3. The van der Waals surface area contributed by atoms with Crippen LogP contribution in [-0.2, 0) is 156 Å². The number of hydrogen-bond acceptors (Lipinski definition) is 37. The molecule has 21 saturated heterocycles. The molecule has 39 nitrogen and oxygen atoms in total. The van der Waals surface area contributed by atoms with Crippen molar-refractivity contribution in [2.24, 2.45) is 0 Å². The molecule has 35 atom stereocenters. The Morgan fingerprint density at radius 3 is 0.608 bits per heavy atom. The van der Waals surface area contributed by atoms with Gasteiger partial charge in [-0.05, 0) is 48.5 Å². The Kier molecular flexibility index (Phi) is 39.1. The molecule has 0 aliphatic carbocycles. The first-order valence-electron chi connectivity index (χ1n) is 39.7. The number of rotatable bonds is 36. The standard InChI is InChI=1S/C81H126N2O37/c1-22-32-105-43-28-24-41(25-29-43)73(84)82-34-45-52-59(91-8)67(99-16)76(108-45)116-54-47(36-86-3)110-78(69(101-18)61(54)93-10)118-56-49(38-88-5)112-80(71(103-20)63(56)95-12)120-58-51(40-90-7)113-81(72(104-21)65(58)97-14)119-57-50(39-89-6)111-79(70(102-19)64(57)96-13)117-55-48(37-87-4)109-77(68(100-17)62(55)94-11)115-53-46(107-75(114-52)66(98-15)60(53)92-9)35-83-74(85)42-26-30-44(31-27-42)106-33-23-2/h22-31,45-72,75-81H,1-2,32-40H2,3-21H3,(H,82,84)(H,83,85)/t45-,46-,47-,48-,49-,50-,51-,52-,53-,54-,55-,56-,57-,58-,59+,60+,61+,62+,63+,64+,65+,66-,67-,68-,69+,70-,71+,72-,75-,76-,77-,78-,79-,80-,81-/m1/s1. The maximum absolute atomic E-state index is 14.5. The molecule has 0 aromatic heterocycles. The van der Waals surface area contributed by atoms with Crippen LogP contribution in [0.3, 0.4) is 0 Å². The summed E-state index contributed by atoms with van der Waals surface area (Å²) in [5, 5.41) is 6.07. The summed E-state index contributed by atoms with van der Waals surface area (Å²) in [7, 11) is 28.0. The van der Waals surface area contributed by atoms with E-state index in [1.54, 1.807) is 60.7 Å². The Morgan fingerprint density at radius 1 is 0.267 bits per heavy atom. The number of nitrogens with one attached hydrogen (secondary N) is 2. The molecular formula is C81H126N2O37. The third kappa shape index (κ3) is 22.4. The van der Waals surface area contributed by atoms with Gasteiger partial charge in [-0.2, -0.15) is 0 Å². The lowest BCUT2D eigenvalue weighted by molar-refractivity contribution is -0.402. The number of benzene rings is 2. The molecule has 120 heavy (non-hydrogen) atoms. The quantitative estimate of drug-likeness (QED) is 0.0905. The summed E-state index contributed by atoms with van der Waals surface area (Å²) in [6.45, 7) is 6.87. The van der Waals surface area contributed by atoms with Crippen LogP contribution in [0.1, 0.15) is 20.7 Å². The molecule has 21 fully saturated rings. The second-order valence-corrected chi connectivity index (χ2v) is 29.3. The Morgan fingerprint density at radius 2 is 0.442 bits per heavy atom. The van der Waals surface area contributed by atoms with Gasteiger partial charge in [-0.15, -0.1) is 0 Å². The molecule has 2 N–H and O–H groups in total. The lowest BCUT2D eigenvalue weighted by Crippen LogP contribution is -2.70. The van der Waals surface area contributed by atoms with Gasteiger partial charge in [0.05, 0.1) is 33.0 Å². The number of methoxy groups -OCH3 is 19. The van der Waals surface area contributed by atoms with Gasteiger partial charge in [0.2, 0.25) is 0 Å². The van der Waals surface area contributed by atoms with E-state index >= 15 is 0 Å². The summed E-state index contributed by atoms with van der Waals surface area (Å²) in [6, 6.07) is 13.1. The topological polar surface area (TPSA) is 381 Å². The molecule has 0 saturated carbocycles. The van der Waals surface area contributed by atoms with Gasteiger partial charge in [0.25, 0.3) is 11.8 Å². The maximum atomic E-state index is 14.5. The first kappa shape index (κ1) is 97.3. The highest BCUT2D eigenvalue weighted by Gasteiger charge is 2.62. The lowest BCUT2D eigenvalue weighted by atomic mass is 9.94. The van der Waals surface area contributed by atoms with Crippen molar-refractivity contribution in [3.05, 3.63) is 85.0 Å². The zero-order valence-electron chi connectivity index (χ0n) is 71.9. The van der Waals surface area contributed by atoms with Crippen molar-refractivity contribution in [1.29, 1.82) is 0 Å². The number of carbonyl (C=O) groups is 2. The average Bonchev–Trinajstić information content (AvgIpc) is 0.803. The van der Waals surface area contributed by atoms with Crippen molar-refractivity contribution < 1.29 is 175 Å². The van der Waals surface area contributed by atoms with Crippen molar-refractivity contribution in [3.8, 4) is 11.5 Å². The molecule has 21 aliphatic heterocycles. The minimum atomic E-state index is -1.48. The Balaban J connectivity index is 1.10. The molecule has 39 heteroatoms. The van der Waals surface area contributed by atoms with Gasteiger partial charge in [-0.25, -0.2) is 0 Å². The van der Waals surface area contributed by atoms with Gasteiger partial charge >= 0.3 is 0 Å². The van der Waals surface area contributed by atoms with Crippen molar-refractivity contribution in [2.75, 3.05) is 194 Å². The van der Waals surface area contributed by atoms with E-state index in [1.165, 1.54) is 135 Å². The highest BCUT2D eigenvalue weighted by molar-refractivity contribution is 5.94. The van der Waals surface area contributed by atoms with Crippen molar-refractivity contribution >= 4 is 11.8 Å². The highest BCUT2D eigenvalue weighted by Crippen LogP contribution is 2.43. The predicted octanol–water partition coefficient (Wildman–Crippen LogP) is 1.20. The first-order chi connectivity index (χ1) is 58.4. The SMILES string of the molecule is C=CCOc1ccc(C(=O)NC[C@H]2O[C@@H]3O[C@H]4[C@H](OC)[C@H](OC)[C@@H](O[C@H]5[C@H](OC)[C@H](OC)[C@@H](O[C@H]6[C@H](OC)[C@@H](OC)[C@@H](O[C@H]7[C@H](OC)[C@@H](OC)[C@@H](O[C@H]8[C@H](OC)[C@@H](OC)[C@@H](O[C@H]9[C@H](OC)[C@@H](OC)[C@@H](O[C@H]2[C@H](OC)[C@H]3OC)O[C@@H]9CNC(=O)c2ccc(OCC=C)cc2)O[C@@H]8COC)O[C@@H]7COC)O[C@@H]6COC)O[C@@H]5COC)O[C@@H]4COC)cc1. The van der Waals surface area contributed by atoms with E-state index in [9.17, 15) is 9.59 Å². The number of ether oxygens (including phenoxy) is 35. The third-order valence-electron chi connectivity index (χ3n) is 22.5. The molecule has 0 spiro atoms. The lowest BCUT2D eigenvalue weighted by Gasteiger charge is -2.52. The van der Waals surface area contributed by atoms with Crippen LogP contribution in [0.4, 0.5) is 0 Å². The largest absolute Gasteiger partial charge is 0.490 e. The number of carbonyl (C=O) groups excluding carboxylic acids is 2.